The lowest BCUT2D eigenvalue weighted by Gasteiger charge is -2.41. The second kappa shape index (κ2) is 5.90. The number of ketones is 1. The van der Waals surface area contributed by atoms with Gasteiger partial charge in [-0.2, -0.15) is 0 Å². The summed E-state index contributed by atoms with van der Waals surface area (Å²) in [5.41, 5.74) is 1.51. The van der Waals surface area contributed by atoms with E-state index in [1.807, 2.05) is 18.2 Å². The minimum Gasteiger partial charge on any atom is -0.295 e. The average Bonchev–Trinajstić information content (AvgIpc) is 3.02. The fourth-order valence-electron chi connectivity index (χ4n) is 5.67. The maximum Gasteiger partial charge on any atom is 0.238 e. The summed E-state index contributed by atoms with van der Waals surface area (Å²) in [6, 6.07) is 9.17. The van der Waals surface area contributed by atoms with Gasteiger partial charge >= 0.3 is 0 Å². The molecule has 4 heteroatoms. The fourth-order valence-corrected chi connectivity index (χ4v) is 5.67. The molecule has 1 aromatic carbocycles. The summed E-state index contributed by atoms with van der Waals surface area (Å²) in [5, 5.41) is 0. The van der Waals surface area contributed by atoms with E-state index < -0.39 is 0 Å². The van der Waals surface area contributed by atoms with Gasteiger partial charge in [-0.05, 0) is 42.4 Å². The normalized spacial score (nSPS) is 35.6. The van der Waals surface area contributed by atoms with Crippen molar-refractivity contribution in [3.63, 3.8) is 0 Å². The quantitative estimate of drug-likeness (QED) is 0.606. The fraction of sp³-hybridized carbons (Fsp3) is 0.500. The highest BCUT2D eigenvalue weighted by atomic mass is 16.2. The Morgan fingerprint density at radius 3 is 2.27 bits per heavy atom. The lowest BCUT2D eigenvalue weighted by Crippen LogP contribution is -2.46. The van der Waals surface area contributed by atoms with Gasteiger partial charge in [-0.25, -0.2) is 0 Å². The van der Waals surface area contributed by atoms with Crippen LogP contribution in [0.15, 0.2) is 42.0 Å². The minimum absolute atomic E-state index is 0.0282. The molecule has 5 rings (SSSR count). The van der Waals surface area contributed by atoms with Crippen molar-refractivity contribution in [2.75, 3.05) is 4.90 Å². The number of carbonyl (C=O) groups is 3. The van der Waals surface area contributed by atoms with E-state index in [2.05, 4.69) is 6.08 Å². The number of benzene rings is 1. The van der Waals surface area contributed by atoms with Crippen LogP contribution >= 0.6 is 0 Å². The molecule has 0 radical (unpaired) electrons. The van der Waals surface area contributed by atoms with E-state index in [1.54, 1.807) is 12.1 Å². The lowest BCUT2D eigenvalue weighted by molar-refractivity contribution is -0.132. The number of allylic oxidation sites excluding steroid dienone is 2. The number of hydrogen-bond donors (Lipinski definition) is 0. The predicted octanol–water partition coefficient (Wildman–Crippen LogP) is 3.52. The van der Waals surface area contributed by atoms with Gasteiger partial charge in [0.05, 0.1) is 17.5 Å². The zero-order valence-electron chi connectivity index (χ0n) is 14.8. The molecular weight excluding hydrogens is 326 g/mol. The Morgan fingerprint density at radius 2 is 1.54 bits per heavy atom. The molecule has 1 aromatic rings. The van der Waals surface area contributed by atoms with Crippen molar-refractivity contribution in [1.29, 1.82) is 0 Å². The first-order valence-corrected chi connectivity index (χ1v) is 9.84. The number of imide groups is 1. The summed E-state index contributed by atoms with van der Waals surface area (Å²) in [4.78, 5) is 39.9. The largest absolute Gasteiger partial charge is 0.295 e. The maximum absolute atomic E-state index is 13.0. The van der Waals surface area contributed by atoms with Gasteiger partial charge in [-0.3, -0.25) is 19.3 Å². The number of Topliss-reactive ketones (excluding diaryl/α,β-unsaturated/α-hetero) is 1. The van der Waals surface area contributed by atoms with Crippen molar-refractivity contribution in [2.24, 2.45) is 29.6 Å². The van der Waals surface area contributed by atoms with Crippen molar-refractivity contribution < 1.29 is 14.4 Å². The number of rotatable bonds is 2. The third-order valence-corrected chi connectivity index (χ3v) is 6.89. The Bertz CT molecular complexity index is 806. The molecule has 0 N–H and O–H groups in total. The highest BCUT2D eigenvalue weighted by Gasteiger charge is 2.68. The van der Waals surface area contributed by atoms with E-state index in [4.69, 9.17) is 0 Å². The zero-order chi connectivity index (χ0) is 17.8. The van der Waals surface area contributed by atoms with E-state index >= 15 is 0 Å². The number of hydrogen-bond acceptors (Lipinski definition) is 3. The summed E-state index contributed by atoms with van der Waals surface area (Å²) in [6.07, 6.45) is 8.63. The van der Waals surface area contributed by atoms with E-state index in [0.717, 1.165) is 18.4 Å². The van der Waals surface area contributed by atoms with Crippen LogP contribution in [-0.2, 0) is 14.4 Å². The van der Waals surface area contributed by atoms with E-state index in [1.165, 1.54) is 24.2 Å². The first kappa shape index (κ1) is 16.0. The summed E-state index contributed by atoms with van der Waals surface area (Å²) < 4.78 is 0. The zero-order valence-corrected chi connectivity index (χ0v) is 14.8. The Balaban J connectivity index is 1.45. The van der Waals surface area contributed by atoms with Crippen LogP contribution in [0.2, 0.25) is 0 Å². The minimum atomic E-state index is -0.325. The van der Waals surface area contributed by atoms with Crippen LogP contribution < -0.4 is 4.90 Å². The first-order chi connectivity index (χ1) is 12.7. The van der Waals surface area contributed by atoms with Gasteiger partial charge in [-0.1, -0.05) is 43.5 Å². The maximum atomic E-state index is 13.0. The molecule has 3 saturated carbocycles. The van der Waals surface area contributed by atoms with E-state index in [-0.39, 0.29) is 41.3 Å². The molecule has 4 atom stereocenters. The third-order valence-electron chi connectivity index (χ3n) is 6.89. The molecule has 0 bridgehead atoms. The van der Waals surface area contributed by atoms with Crippen LogP contribution in [0, 0.1) is 29.6 Å². The SMILES string of the molecule is O=C1C[C@H]2[C@@H]3C(=O)N(c4ccccc4)C(=O)[C@@H]3[C@H]2/C1=C\C1CCCCC1. The topological polar surface area (TPSA) is 54.5 Å². The van der Waals surface area contributed by atoms with Crippen molar-refractivity contribution in [1.82, 2.24) is 0 Å². The lowest BCUT2D eigenvalue weighted by atomic mass is 9.58. The van der Waals surface area contributed by atoms with Crippen LogP contribution in [0.25, 0.3) is 0 Å². The molecule has 2 amide bonds. The Hall–Kier alpha value is -2.23. The van der Waals surface area contributed by atoms with E-state index in [9.17, 15) is 14.4 Å². The molecule has 0 aromatic heterocycles. The Morgan fingerprint density at radius 1 is 0.846 bits per heavy atom. The molecule has 0 unspecified atom stereocenters. The molecule has 3 aliphatic carbocycles. The molecule has 26 heavy (non-hydrogen) atoms. The van der Waals surface area contributed by atoms with Gasteiger partial charge < -0.3 is 0 Å². The average molecular weight is 349 g/mol. The van der Waals surface area contributed by atoms with Gasteiger partial charge in [0.25, 0.3) is 0 Å². The number of carbonyl (C=O) groups excluding carboxylic acids is 3. The second-order valence-corrected chi connectivity index (χ2v) is 8.24. The summed E-state index contributed by atoms with van der Waals surface area (Å²) >= 11 is 0. The number of para-hydroxylation sites is 1. The van der Waals surface area contributed by atoms with Gasteiger partial charge in [0.2, 0.25) is 11.8 Å². The standard InChI is InChI=1S/C22H23NO3/c24-17-12-16-18(15(17)11-13-7-3-1-4-8-13)20-19(16)21(25)23(22(20)26)14-9-5-2-6-10-14/h2,5-6,9-11,13,16,18-20H,1,3-4,7-8,12H2/b15-11-/t16-,18+,19+,20-/m1/s1. The van der Waals surface area contributed by atoms with Gasteiger partial charge in [0.1, 0.15) is 0 Å². The van der Waals surface area contributed by atoms with E-state index in [0.29, 0.717) is 18.0 Å². The van der Waals surface area contributed by atoms with Gasteiger partial charge in [0, 0.05) is 12.3 Å². The number of fused-ring (bicyclic) bond motifs is 4. The molecule has 4 aliphatic rings. The van der Waals surface area contributed by atoms with Gasteiger partial charge in [0.15, 0.2) is 5.78 Å². The highest BCUT2D eigenvalue weighted by molar-refractivity contribution is 6.24. The van der Waals surface area contributed by atoms with Crippen molar-refractivity contribution in [2.45, 2.75) is 38.5 Å². The van der Waals surface area contributed by atoms with Crippen LogP contribution in [0.4, 0.5) is 5.69 Å². The third kappa shape index (κ3) is 2.17. The molecule has 4 fully saturated rings. The number of amides is 2. The van der Waals surface area contributed by atoms with Gasteiger partial charge in [-0.15, -0.1) is 0 Å². The van der Waals surface area contributed by atoms with Crippen LogP contribution in [-0.4, -0.2) is 17.6 Å². The van der Waals surface area contributed by atoms with Crippen LogP contribution in [0.3, 0.4) is 0 Å². The second-order valence-electron chi connectivity index (χ2n) is 8.24. The Labute approximate surface area is 153 Å². The summed E-state index contributed by atoms with van der Waals surface area (Å²) in [7, 11) is 0. The monoisotopic (exact) mass is 349 g/mol. The van der Waals surface area contributed by atoms with Crippen molar-refractivity contribution >= 4 is 23.3 Å². The molecule has 1 aliphatic heterocycles. The number of nitrogens with zero attached hydrogens (tertiary/aromatic N) is 1. The highest BCUT2D eigenvalue weighted by Crippen LogP contribution is 2.60. The molecule has 1 heterocycles. The molecule has 1 saturated heterocycles. The molecule has 134 valence electrons. The number of anilines is 1. The van der Waals surface area contributed by atoms with Crippen molar-refractivity contribution in [3.8, 4) is 0 Å². The molecule has 4 nitrogen and oxygen atoms in total. The summed E-state index contributed by atoms with van der Waals surface area (Å²) in [6.45, 7) is 0. The van der Waals surface area contributed by atoms with Crippen LogP contribution in [0.1, 0.15) is 38.5 Å². The first-order valence-electron chi connectivity index (χ1n) is 9.84. The van der Waals surface area contributed by atoms with Crippen molar-refractivity contribution in [3.05, 3.63) is 42.0 Å². The smallest absolute Gasteiger partial charge is 0.238 e. The predicted molar refractivity (Wildman–Crippen MR) is 97.2 cm³/mol. The molecule has 0 spiro atoms. The molecular formula is C22H23NO3. The Kier molecular flexibility index (Phi) is 3.63. The summed E-state index contributed by atoms with van der Waals surface area (Å²) in [5.74, 6) is -0.198. The van der Waals surface area contributed by atoms with Crippen LogP contribution in [0.5, 0.6) is 0 Å².